The lowest BCUT2D eigenvalue weighted by Gasteiger charge is -2.22. The molecule has 0 atom stereocenters. The van der Waals surface area contributed by atoms with E-state index in [2.05, 4.69) is 49.3 Å². The molecule has 0 bridgehead atoms. The predicted molar refractivity (Wildman–Crippen MR) is 85.0 cm³/mol. The van der Waals surface area contributed by atoms with Gasteiger partial charge in [0.1, 0.15) is 5.01 Å². The minimum absolute atomic E-state index is 0.787. The molecule has 2 aromatic rings. The Morgan fingerprint density at radius 2 is 2.16 bits per heavy atom. The lowest BCUT2D eigenvalue weighted by molar-refractivity contribution is 0.949. The van der Waals surface area contributed by atoms with E-state index in [0.29, 0.717) is 0 Å². The number of hydrogen-bond acceptors (Lipinski definition) is 4. The molecule has 0 amide bonds. The van der Waals surface area contributed by atoms with Gasteiger partial charge in [0.25, 0.3) is 0 Å². The topological polar surface area (TPSA) is 28.2 Å². The van der Waals surface area contributed by atoms with Gasteiger partial charge in [-0.25, -0.2) is 4.98 Å². The Kier molecular flexibility index (Phi) is 4.03. The highest BCUT2D eigenvalue weighted by molar-refractivity contribution is 9.10. The minimum atomic E-state index is 0.787. The van der Waals surface area contributed by atoms with Crippen LogP contribution < -0.4 is 10.2 Å². The Labute approximate surface area is 125 Å². The first-order valence-corrected chi connectivity index (χ1v) is 8.17. The van der Waals surface area contributed by atoms with Gasteiger partial charge in [-0.15, -0.1) is 11.3 Å². The van der Waals surface area contributed by atoms with Crippen molar-refractivity contribution in [3.05, 3.63) is 39.3 Å². The van der Waals surface area contributed by atoms with Crippen LogP contribution >= 0.6 is 27.3 Å². The number of hydrogen-bond donors (Lipinski definition) is 1. The minimum Gasteiger partial charge on any atom is -0.377 e. The van der Waals surface area contributed by atoms with Crippen molar-refractivity contribution < 1.29 is 0 Å². The first-order valence-electron chi connectivity index (χ1n) is 6.50. The van der Waals surface area contributed by atoms with E-state index >= 15 is 0 Å². The number of rotatable bonds is 4. The van der Waals surface area contributed by atoms with E-state index in [9.17, 15) is 0 Å². The summed E-state index contributed by atoms with van der Waals surface area (Å²) in [5.74, 6) is 0. The standard InChI is InChI=1S/C14H16BrN3S/c15-11-3-4-13(18-6-1-2-7-18)12(9-11)17-10-14-16-5-8-19-14/h3-5,8-9,17H,1-2,6-7,10H2. The van der Waals surface area contributed by atoms with Crippen molar-refractivity contribution in [2.24, 2.45) is 0 Å². The summed E-state index contributed by atoms with van der Waals surface area (Å²) >= 11 is 5.24. The fourth-order valence-corrected chi connectivity index (χ4v) is 3.31. The molecule has 1 saturated heterocycles. The van der Waals surface area contributed by atoms with Crippen molar-refractivity contribution in [3.63, 3.8) is 0 Å². The van der Waals surface area contributed by atoms with Crippen molar-refractivity contribution in [1.29, 1.82) is 0 Å². The first kappa shape index (κ1) is 12.9. The van der Waals surface area contributed by atoms with Gasteiger partial charge in [-0.05, 0) is 31.0 Å². The van der Waals surface area contributed by atoms with Crippen LogP contribution in [0.5, 0.6) is 0 Å². The van der Waals surface area contributed by atoms with Crippen LogP contribution in [-0.4, -0.2) is 18.1 Å². The van der Waals surface area contributed by atoms with Crippen LogP contribution in [0.25, 0.3) is 0 Å². The molecule has 1 aromatic carbocycles. The van der Waals surface area contributed by atoms with Crippen LogP contribution in [0.3, 0.4) is 0 Å². The van der Waals surface area contributed by atoms with Crippen LogP contribution in [0.4, 0.5) is 11.4 Å². The molecule has 1 fully saturated rings. The van der Waals surface area contributed by atoms with Crippen LogP contribution in [-0.2, 0) is 6.54 Å². The highest BCUT2D eigenvalue weighted by atomic mass is 79.9. The molecule has 0 aliphatic carbocycles. The predicted octanol–water partition coefficient (Wildman–Crippen LogP) is 4.12. The van der Waals surface area contributed by atoms with E-state index in [4.69, 9.17) is 0 Å². The maximum Gasteiger partial charge on any atom is 0.112 e. The number of thiazole rings is 1. The summed E-state index contributed by atoms with van der Waals surface area (Å²) in [7, 11) is 0. The Morgan fingerprint density at radius 1 is 1.32 bits per heavy atom. The zero-order valence-corrected chi connectivity index (χ0v) is 13.0. The van der Waals surface area contributed by atoms with E-state index in [0.717, 1.165) is 29.1 Å². The van der Waals surface area contributed by atoms with Crippen LogP contribution in [0.2, 0.25) is 0 Å². The molecule has 1 aromatic heterocycles. The summed E-state index contributed by atoms with van der Waals surface area (Å²) in [5, 5.41) is 6.64. The normalized spacial score (nSPS) is 14.9. The van der Waals surface area contributed by atoms with Gasteiger partial charge in [0.2, 0.25) is 0 Å². The van der Waals surface area contributed by atoms with Gasteiger partial charge in [0.15, 0.2) is 0 Å². The fourth-order valence-electron chi connectivity index (χ4n) is 2.39. The maximum atomic E-state index is 4.31. The molecule has 1 aliphatic heterocycles. The van der Waals surface area contributed by atoms with Crippen molar-refractivity contribution in [2.75, 3.05) is 23.3 Å². The number of nitrogens with zero attached hydrogens (tertiary/aromatic N) is 2. The third-order valence-corrected chi connectivity index (χ3v) is 4.59. The highest BCUT2D eigenvalue weighted by Crippen LogP contribution is 2.32. The second kappa shape index (κ2) is 5.92. The summed E-state index contributed by atoms with van der Waals surface area (Å²) in [6, 6.07) is 6.46. The van der Waals surface area contributed by atoms with E-state index < -0.39 is 0 Å². The molecule has 2 heterocycles. The molecule has 19 heavy (non-hydrogen) atoms. The largest absolute Gasteiger partial charge is 0.377 e. The molecular weight excluding hydrogens is 322 g/mol. The second-order valence-electron chi connectivity index (χ2n) is 4.64. The monoisotopic (exact) mass is 337 g/mol. The zero-order chi connectivity index (χ0) is 13.1. The summed E-state index contributed by atoms with van der Waals surface area (Å²) < 4.78 is 1.11. The molecule has 1 aliphatic rings. The molecule has 100 valence electrons. The summed E-state index contributed by atoms with van der Waals surface area (Å²) in [6.45, 7) is 3.11. The van der Waals surface area contributed by atoms with Gasteiger partial charge < -0.3 is 10.2 Å². The van der Waals surface area contributed by atoms with Gasteiger partial charge in [-0.2, -0.15) is 0 Å². The Hall–Kier alpha value is -1.07. The van der Waals surface area contributed by atoms with E-state index in [1.165, 1.54) is 24.2 Å². The second-order valence-corrected chi connectivity index (χ2v) is 6.53. The van der Waals surface area contributed by atoms with Gasteiger partial charge in [-0.3, -0.25) is 0 Å². The van der Waals surface area contributed by atoms with E-state index in [-0.39, 0.29) is 0 Å². The SMILES string of the molecule is Brc1ccc(N2CCCC2)c(NCc2nccs2)c1. The van der Waals surface area contributed by atoms with Crippen LogP contribution in [0.15, 0.2) is 34.2 Å². The number of aromatic nitrogens is 1. The number of halogens is 1. The molecule has 0 unspecified atom stereocenters. The van der Waals surface area contributed by atoms with Crippen molar-refractivity contribution in [2.45, 2.75) is 19.4 Å². The molecule has 3 nitrogen and oxygen atoms in total. The summed E-state index contributed by atoms with van der Waals surface area (Å²) in [4.78, 5) is 6.77. The lowest BCUT2D eigenvalue weighted by atomic mass is 10.2. The van der Waals surface area contributed by atoms with Crippen molar-refractivity contribution in [1.82, 2.24) is 4.98 Å². The van der Waals surface area contributed by atoms with Gasteiger partial charge in [0, 0.05) is 29.1 Å². The Balaban J connectivity index is 1.79. The zero-order valence-electron chi connectivity index (χ0n) is 10.6. The average Bonchev–Trinajstić information content (AvgIpc) is 3.10. The highest BCUT2D eigenvalue weighted by Gasteiger charge is 2.15. The third-order valence-electron chi connectivity index (χ3n) is 3.32. The van der Waals surface area contributed by atoms with Crippen LogP contribution in [0, 0.1) is 0 Å². The maximum absolute atomic E-state index is 4.31. The summed E-state index contributed by atoms with van der Waals surface area (Å²) in [5.41, 5.74) is 2.49. The number of anilines is 2. The first-order chi connectivity index (χ1) is 9.33. The number of benzene rings is 1. The molecule has 5 heteroatoms. The molecule has 0 radical (unpaired) electrons. The molecule has 0 saturated carbocycles. The van der Waals surface area contributed by atoms with Gasteiger partial charge in [-0.1, -0.05) is 15.9 Å². The molecular formula is C14H16BrN3S. The Bertz CT molecular complexity index is 536. The molecule has 3 rings (SSSR count). The van der Waals surface area contributed by atoms with Crippen molar-refractivity contribution in [3.8, 4) is 0 Å². The number of nitrogens with one attached hydrogen (secondary N) is 1. The molecule has 0 spiro atoms. The van der Waals surface area contributed by atoms with Crippen molar-refractivity contribution >= 4 is 38.6 Å². The van der Waals surface area contributed by atoms with Crippen LogP contribution in [0.1, 0.15) is 17.8 Å². The smallest absolute Gasteiger partial charge is 0.112 e. The van der Waals surface area contributed by atoms with Gasteiger partial charge in [0.05, 0.1) is 17.9 Å². The van der Waals surface area contributed by atoms with E-state index in [1.54, 1.807) is 11.3 Å². The molecule has 1 N–H and O–H groups in total. The quantitative estimate of drug-likeness (QED) is 0.909. The Morgan fingerprint density at radius 3 is 2.89 bits per heavy atom. The van der Waals surface area contributed by atoms with E-state index in [1.807, 2.05) is 11.6 Å². The average molecular weight is 338 g/mol. The summed E-state index contributed by atoms with van der Waals surface area (Å²) in [6.07, 6.45) is 4.44. The lowest BCUT2D eigenvalue weighted by Crippen LogP contribution is -2.19. The fraction of sp³-hybridized carbons (Fsp3) is 0.357. The van der Waals surface area contributed by atoms with Gasteiger partial charge >= 0.3 is 0 Å². The third kappa shape index (κ3) is 3.09.